The first kappa shape index (κ1) is 95.3. The van der Waals surface area contributed by atoms with Crippen LogP contribution < -0.4 is 4.90 Å². The Bertz CT molecular complexity index is 5860. The number of rotatable bonds is 57. The Morgan fingerprint density at radius 3 is 1.05 bits per heavy atom. The van der Waals surface area contributed by atoms with Gasteiger partial charge in [0.2, 0.25) is 5.95 Å². The molecule has 4 aliphatic rings. The second-order valence-electron chi connectivity index (χ2n) is 41.6. The van der Waals surface area contributed by atoms with Crippen LogP contribution in [0.4, 0.5) is 17.3 Å². The monoisotopic (exact) mass is 1770 g/mol. The van der Waals surface area contributed by atoms with Crippen molar-refractivity contribution in [1.29, 1.82) is 0 Å². The lowest BCUT2D eigenvalue weighted by atomic mass is 9.62. The van der Waals surface area contributed by atoms with Gasteiger partial charge in [0.1, 0.15) is 22.3 Å². The fourth-order valence-electron chi connectivity index (χ4n) is 25.9. The third-order valence-corrected chi connectivity index (χ3v) is 32.7. The molecule has 13 aromatic rings. The number of unbranched alkanes of at least 4 members (excludes halogenated alkanes) is 36. The molecule has 0 amide bonds. The van der Waals surface area contributed by atoms with Crippen LogP contribution in [0.5, 0.6) is 0 Å². The van der Waals surface area contributed by atoms with Gasteiger partial charge in [0.05, 0.1) is 0 Å². The van der Waals surface area contributed by atoms with Crippen molar-refractivity contribution in [3.8, 4) is 67.3 Å². The zero-order valence-electron chi connectivity index (χ0n) is 83.4. The number of benzene rings is 10. The van der Waals surface area contributed by atoms with Gasteiger partial charge in [-0.05, 0) is 189 Å². The minimum absolute atomic E-state index is 0.161. The fraction of sp³-hybridized carbons (Fsp3) is 0.504. The molecule has 4 aliphatic carbocycles. The van der Waals surface area contributed by atoms with Crippen LogP contribution in [0.2, 0.25) is 0 Å². The van der Waals surface area contributed by atoms with Crippen LogP contribution in [0.15, 0.2) is 203 Å². The zero-order chi connectivity index (χ0) is 91.4. The summed E-state index contributed by atoms with van der Waals surface area (Å²) in [5.74, 6) is 1.99. The molecule has 0 saturated carbocycles. The minimum atomic E-state index is -0.376. The molecule has 0 N–H and O–H groups in total. The average molecular weight is 1770 g/mol. The SMILES string of the molecule is CCCCCCCCC1(CCCCCCCC)c2cc(N(c3ccc4c(c3)C(CCCCCCC)(CCCCCCC)c3c5c(c6c(oc7ccccc76)c3-4)-c3ccccc3C5(CCCCCCC)CCCCCCC)c3nc(-c4ccccc4)nc(-c4ccccc4)n3)ccc2-c2cc3c(cc21)-c1c(ccc2oc4ccccc4c12)C3(CCCCCCCC)CCCCCCCC. The van der Waals surface area contributed by atoms with Crippen molar-refractivity contribution >= 4 is 61.2 Å². The van der Waals surface area contributed by atoms with E-state index >= 15 is 0 Å². The average Bonchev–Trinajstić information content (AvgIpc) is 1.49. The lowest BCUT2D eigenvalue weighted by Crippen LogP contribution is -2.33. The Balaban J connectivity index is 0.949. The molecular formula is C127H160N4O2. The number of hydrogen-bond acceptors (Lipinski definition) is 6. The van der Waals surface area contributed by atoms with E-state index in [4.69, 9.17) is 23.8 Å². The van der Waals surface area contributed by atoms with Gasteiger partial charge in [-0.1, -0.05) is 477 Å². The first-order valence-corrected chi connectivity index (χ1v) is 54.9. The number of anilines is 3. The molecule has 133 heavy (non-hydrogen) atoms. The molecule has 3 aromatic heterocycles. The summed E-state index contributed by atoms with van der Waals surface area (Å²) >= 11 is 0. The molecule has 0 aliphatic heterocycles. The van der Waals surface area contributed by atoms with Crippen molar-refractivity contribution in [3.05, 3.63) is 239 Å². The third-order valence-electron chi connectivity index (χ3n) is 32.7. The number of aromatic nitrogens is 3. The Kier molecular flexibility index (Phi) is 32.6. The van der Waals surface area contributed by atoms with Crippen LogP contribution >= 0.6 is 0 Å². The van der Waals surface area contributed by atoms with E-state index in [1.807, 2.05) is 0 Å². The van der Waals surface area contributed by atoms with E-state index in [0.29, 0.717) is 17.6 Å². The van der Waals surface area contributed by atoms with Crippen molar-refractivity contribution in [1.82, 2.24) is 15.0 Å². The smallest absolute Gasteiger partial charge is 0.238 e. The third kappa shape index (κ3) is 19.5. The van der Waals surface area contributed by atoms with Gasteiger partial charge in [0.15, 0.2) is 11.6 Å². The van der Waals surface area contributed by atoms with Crippen LogP contribution in [0.25, 0.3) is 111 Å². The molecule has 0 atom stereocenters. The quantitative estimate of drug-likeness (QED) is 0.0354. The number of hydrogen-bond donors (Lipinski definition) is 0. The van der Waals surface area contributed by atoms with Crippen LogP contribution in [-0.4, -0.2) is 15.0 Å². The van der Waals surface area contributed by atoms with Gasteiger partial charge in [-0.15, -0.1) is 0 Å². The Labute approximate surface area is 801 Å². The summed E-state index contributed by atoms with van der Waals surface area (Å²) < 4.78 is 14.9. The van der Waals surface area contributed by atoms with Crippen LogP contribution in [-0.2, 0) is 21.7 Å². The number of para-hydroxylation sites is 2. The maximum atomic E-state index is 7.85. The molecule has 0 spiro atoms. The largest absolute Gasteiger partial charge is 0.456 e. The highest BCUT2D eigenvalue weighted by Crippen LogP contribution is 2.69. The van der Waals surface area contributed by atoms with E-state index in [1.54, 1.807) is 33.4 Å². The summed E-state index contributed by atoms with van der Waals surface area (Å²) in [5, 5.41) is 5.13. The molecule has 700 valence electrons. The van der Waals surface area contributed by atoms with Crippen LogP contribution in [0.3, 0.4) is 0 Å². The number of nitrogens with zero attached hydrogens (tertiary/aromatic N) is 4. The molecule has 0 radical (unpaired) electrons. The Morgan fingerprint density at radius 2 is 0.579 bits per heavy atom. The van der Waals surface area contributed by atoms with E-state index in [1.165, 1.54) is 347 Å². The highest BCUT2D eigenvalue weighted by Gasteiger charge is 2.55. The van der Waals surface area contributed by atoms with Crippen molar-refractivity contribution in [2.75, 3.05) is 4.90 Å². The maximum absolute atomic E-state index is 7.85. The van der Waals surface area contributed by atoms with Crippen molar-refractivity contribution in [2.45, 2.75) is 411 Å². The van der Waals surface area contributed by atoms with Gasteiger partial charge >= 0.3 is 0 Å². The first-order chi connectivity index (χ1) is 65.7. The molecule has 0 unspecified atom stereocenters. The van der Waals surface area contributed by atoms with Crippen LogP contribution in [0.1, 0.15) is 434 Å². The summed E-state index contributed by atoms with van der Waals surface area (Å²) in [6.07, 6.45) is 64.0. The van der Waals surface area contributed by atoms with Gasteiger partial charge in [-0.2, -0.15) is 9.97 Å². The first-order valence-electron chi connectivity index (χ1n) is 54.9. The van der Waals surface area contributed by atoms with E-state index in [2.05, 4.69) is 254 Å². The summed E-state index contributed by atoms with van der Waals surface area (Å²) in [5.41, 5.74) is 31.1. The van der Waals surface area contributed by atoms with E-state index in [9.17, 15) is 0 Å². The van der Waals surface area contributed by atoms with Crippen molar-refractivity contribution in [2.24, 2.45) is 0 Å². The zero-order valence-corrected chi connectivity index (χ0v) is 83.4. The number of furan rings is 2. The Morgan fingerprint density at radius 1 is 0.233 bits per heavy atom. The standard InChI is InChI=1S/C127H160N4O2/c1-9-17-25-33-41-57-81-124(82-58-42-34-26-18-10-2)105-79-80-112-114(100-70-52-55-73-110(100)132-112)113(105)103-92-108-102(91-109(103)124)97-77-75-95(89-106(97)125(108,83-59-43-35-27-19-11-3)84-60-44-36-28-20-12-4)131(123-129-121(93-65-47-45-48-66-93)128-122(130-123)94-67-49-46-50-68-94)96-76-78-99-107(90-96)127(87-63-39-31-23-15-7,88-64-40-32-24-16-8)119-117(99)120-116(101-71-53-56-74-111(101)133-120)115-98-69-51-54-72-104(98)126(118(115)119,85-61-37-29-21-13-5)86-62-38-30-22-14-6/h45-56,65-80,89-92H,9-44,57-64,81-88H2,1-8H3. The second kappa shape index (κ2) is 45.5. The normalized spacial score (nSPS) is 14.3. The van der Waals surface area contributed by atoms with E-state index < -0.39 is 0 Å². The molecule has 0 fully saturated rings. The van der Waals surface area contributed by atoms with Crippen molar-refractivity contribution in [3.63, 3.8) is 0 Å². The lowest BCUT2D eigenvalue weighted by molar-refractivity contribution is 0.369. The van der Waals surface area contributed by atoms with Gasteiger partial charge in [-0.25, -0.2) is 4.98 Å². The Hall–Kier alpha value is -9.39. The highest BCUT2D eigenvalue weighted by molar-refractivity contribution is 6.21. The molecule has 0 saturated heterocycles. The number of fused-ring (bicyclic) bond motifs is 22. The summed E-state index contributed by atoms with van der Waals surface area (Å²) in [6, 6.07) is 76.3. The molecular weight excluding hydrogens is 1610 g/mol. The van der Waals surface area contributed by atoms with Crippen LogP contribution in [0, 0.1) is 0 Å². The molecule has 17 rings (SSSR count). The minimum Gasteiger partial charge on any atom is -0.456 e. The van der Waals surface area contributed by atoms with E-state index in [-0.39, 0.29) is 21.7 Å². The molecule has 0 bridgehead atoms. The summed E-state index contributed by atoms with van der Waals surface area (Å²) in [4.78, 5) is 20.1. The summed E-state index contributed by atoms with van der Waals surface area (Å²) in [7, 11) is 0. The van der Waals surface area contributed by atoms with Crippen molar-refractivity contribution < 1.29 is 8.83 Å². The molecule has 6 heteroatoms. The van der Waals surface area contributed by atoms with Gasteiger partial charge < -0.3 is 8.83 Å². The highest BCUT2D eigenvalue weighted by atomic mass is 16.3. The maximum Gasteiger partial charge on any atom is 0.238 e. The molecule has 6 nitrogen and oxygen atoms in total. The summed E-state index contributed by atoms with van der Waals surface area (Å²) in [6.45, 7) is 19.0. The van der Waals surface area contributed by atoms with Gasteiger partial charge in [-0.3, -0.25) is 4.90 Å². The fourth-order valence-corrected chi connectivity index (χ4v) is 25.9. The predicted molar refractivity (Wildman–Crippen MR) is 570 cm³/mol. The predicted octanol–water partition coefficient (Wildman–Crippen LogP) is 40.0. The molecule has 10 aromatic carbocycles. The second-order valence-corrected chi connectivity index (χ2v) is 41.6. The van der Waals surface area contributed by atoms with Gasteiger partial charge in [0.25, 0.3) is 0 Å². The topological polar surface area (TPSA) is 68.2 Å². The molecule has 3 heterocycles. The lowest BCUT2D eigenvalue weighted by Gasteiger charge is -2.40. The van der Waals surface area contributed by atoms with E-state index in [0.717, 1.165) is 109 Å². The van der Waals surface area contributed by atoms with Gasteiger partial charge in [0, 0.05) is 71.3 Å².